The summed E-state index contributed by atoms with van der Waals surface area (Å²) in [6.07, 6.45) is 0. The van der Waals surface area contributed by atoms with Gasteiger partial charge in [-0.15, -0.1) is 0 Å². The number of amides is 1. The van der Waals surface area contributed by atoms with E-state index in [4.69, 9.17) is 4.74 Å². The molecule has 1 N–H and O–H groups in total. The van der Waals surface area contributed by atoms with E-state index in [2.05, 4.69) is 25.2 Å². The minimum atomic E-state index is -0.875. The highest BCUT2D eigenvalue weighted by Crippen LogP contribution is 2.20. The van der Waals surface area contributed by atoms with Crippen molar-refractivity contribution in [1.29, 1.82) is 5.26 Å². The van der Waals surface area contributed by atoms with Crippen molar-refractivity contribution in [2.45, 2.75) is 46.1 Å². The van der Waals surface area contributed by atoms with Crippen molar-refractivity contribution in [3.8, 4) is 11.8 Å². The molecule has 0 aliphatic rings. The van der Waals surface area contributed by atoms with Crippen molar-refractivity contribution >= 4 is 5.91 Å². The number of nitrogens with one attached hydrogen (secondary N) is 1. The average Bonchev–Trinajstić information content (AvgIpc) is 2.45. The predicted octanol–water partition coefficient (Wildman–Crippen LogP) is 3.24. The molecule has 0 bridgehead atoms. The number of rotatable bonds is 6. The van der Waals surface area contributed by atoms with E-state index in [1.54, 1.807) is 6.92 Å². The molecule has 4 nitrogen and oxygen atoms in total. The van der Waals surface area contributed by atoms with Crippen LogP contribution in [0.2, 0.25) is 0 Å². The van der Waals surface area contributed by atoms with Gasteiger partial charge < -0.3 is 10.1 Å². The van der Waals surface area contributed by atoms with Crippen LogP contribution in [0, 0.1) is 17.2 Å². The number of nitrogens with zero attached hydrogens (tertiary/aromatic N) is 1. The molecule has 1 atom stereocenters. The molecule has 1 aromatic rings. The second kappa shape index (κ2) is 7.12. The van der Waals surface area contributed by atoms with Crippen LogP contribution < -0.4 is 10.1 Å². The van der Waals surface area contributed by atoms with Gasteiger partial charge in [-0.25, -0.2) is 0 Å². The highest BCUT2D eigenvalue weighted by Gasteiger charge is 2.29. The fourth-order valence-electron chi connectivity index (χ4n) is 1.74. The van der Waals surface area contributed by atoms with Gasteiger partial charge in [0.2, 0.25) is 0 Å². The summed E-state index contributed by atoms with van der Waals surface area (Å²) in [6.45, 7) is 9.63. The van der Waals surface area contributed by atoms with Gasteiger partial charge in [0.1, 0.15) is 11.3 Å². The molecule has 1 unspecified atom stereocenters. The molecule has 114 valence electrons. The summed E-state index contributed by atoms with van der Waals surface area (Å²) in [5.74, 6) is 0.808. The standard InChI is InChI=1S/C17H24N2O2/c1-12(2)14-7-6-8-15(9-14)21-10-16(20)19-17(5,11-18)13(3)4/h6-9,12-13H,10H2,1-5H3,(H,19,20). The van der Waals surface area contributed by atoms with E-state index in [-0.39, 0.29) is 18.4 Å². The van der Waals surface area contributed by atoms with E-state index in [0.29, 0.717) is 11.7 Å². The average molecular weight is 288 g/mol. The first-order valence-electron chi connectivity index (χ1n) is 7.23. The molecule has 0 fully saturated rings. The van der Waals surface area contributed by atoms with Crippen LogP contribution in [0.15, 0.2) is 24.3 Å². The summed E-state index contributed by atoms with van der Waals surface area (Å²) in [5, 5.41) is 11.9. The van der Waals surface area contributed by atoms with Crippen LogP contribution in [0.1, 0.15) is 46.1 Å². The van der Waals surface area contributed by atoms with Crippen LogP contribution >= 0.6 is 0 Å². The normalized spacial score (nSPS) is 13.6. The van der Waals surface area contributed by atoms with E-state index in [9.17, 15) is 10.1 Å². The lowest BCUT2D eigenvalue weighted by Gasteiger charge is -2.27. The highest BCUT2D eigenvalue weighted by atomic mass is 16.5. The smallest absolute Gasteiger partial charge is 0.259 e. The maximum atomic E-state index is 11.9. The van der Waals surface area contributed by atoms with Crippen LogP contribution in [0.5, 0.6) is 5.75 Å². The Balaban J connectivity index is 2.62. The highest BCUT2D eigenvalue weighted by molar-refractivity contribution is 5.78. The largest absolute Gasteiger partial charge is 0.484 e. The van der Waals surface area contributed by atoms with E-state index in [1.807, 2.05) is 38.1 Å². The molecular weight excluding hydrogens is 264 g/mol. The van der Waals surface area contributed by atoms with Gasteiger partial charge in [0.25, 0.3) is 5.91 Å². The first-order chi connectivity index (χ1) is 9.78. The van der Waals surface area contributed by atoms with Gasteiger partial charge in [-0.3, -0.25) is 4.79 Å². The van der Waals surface area contributed by atoms with E-state index >= 15 is 0 Å². The maximum absolute atomic E-state index is 11.9. The third-order valence-corrected chi connectivity index (χ3v) is 3.68. The molecule has 0 spiro atoms. The van der Waals surface area contributed by atoms with Crippen molar-refractivity contribution in [2.75, 3.05) is 6.61 Å². The summed E-state index contributed by atoms with van der Waals surface area (Å²) in [7, 11) is 0. The van der Waals surface area contributed by atoms with Crippen molar-refractivity contribution in [3.63, 3.8) is 0 Å². The minimum Gasteiger partial charge on any atom is -0.484 e. The first-order valence-corrected chi connectivity index (χ1v) is 7.23. The molecule has 1 rings (SSSR count). The summed E-state index contributed by atoms with van der Waals surface area (Å²) in [6, 6.07) is 9.85. The number of nitriles is 1. The number of benzene rings is 1. The molecule has 0 saturated carbocycles. The van der Waals surface area contributed by atoms with Crippen molar-refractivity contribution < 1.29 is 9.53 Å². The molecule has 4 heteroatoms. The van der Waals surface area contributed by atoms with Crippen LogP contribution in [-0.2, 0) is 4.79 Å². The Morgan fingerprint density at radius 1 is 1.38 bits per heavy atom. The van der Waals surface area contributed by atoms with Gasteiger partial charge in [0, 0.05) is 0 Å². The monoisotopic (exact) mass is 288 g/mol. The quantitative estimate of drug-likeness (QED) is 0.874. The molecule has 0 aliphatic carbocycles. The van der Waals surface area contributed by atoms with Crippen molar-refractivity contribution in [3.05, 3.63) is 29.8 Å². The Labute approximate surface area is 127 Å². The SMILES string of the molecule is CC(C)c1cccc(OCC(=O)NC(C)(C#N)C(C)C)c1. The molecule has 0 heterocycles. The second-order valence-corrected chi connectivity index (χ2v) is 6.03. The molecule has 1 amide bonds. The lowest BCUT2D eigenvalue weighted by Crippen LogP contribution is -2.50. The topological polar surface area (TPSA) is 62.1 Å². The van der Waals surface area contributed by atoms with Gasteiger partial charge in [-0.05, 0) is 36.5 Å². The molecular formula is C17H24N2O2. The fraction of sp³-hybridized carbons (Fsp3) is 0.529. The third kappa shape index (κ3) is 4.78. The van der Waals surface area contributed by atoms with Gasteiger partial charge in [0.15, 0.2) is 6.61 Å². The van der Waals surface area contributed by atoms with E-state index in [0.717, 1.165) is 5.56 Å². The Morgan fingerprint density at radius 2 is 2.05 bits per heavy atom. The Morgan fingerprint density at radius 3 is 2.57 bits per heavy atom. The van der Waals surface area contributed by atoms with Gasteiger partial charge in [0.05, 0.1) is 6.07 Å². The fourth-order valence-corrected chi connectivity index (χ4v) is 1.74. The van der Waals surface area contributed by atoms with Crippen LogP contribution in [-0.4, -0.2) is 18.1 Å². The molecule has 21 heavy (non-hydrogen) atoms. The molecule has 0 radical (unpaired) electrons. The lowest BCUT2D eigenvalue weighted by molar-refractivity contribution is -0.124. The van der Waals surface area contributed by atoms with Crippen LogP contribution in [0.25, 0.3) is 0 Å². The van der Waals surface area contributed by atoms with E-state index < -0.39 is 5.54 Å². The number of carbonyl (C=O) groups is 1. The number of hydrogen-bond donors (Lipinski definition) is 1. The summed E-state index contributed by atoms with van der Waals surface area (Å²) >= 11 is 0. The number of carbonyl (C=O) groups excluding carboxylic acids is 1. The summed E-state index contributed by atoms with van der Waals surface area (Å²) < 4.78 is 5.51. The molecule has 0 aromatic heterocycles. The zero-order valence-electron chi connectivity index (χ0n) is 13.4. The van der Waals surface area contributed by atoms with Gasteiger partial charge in [-0.2, -0.15) is 5.26 Å². The second-order valence-electron chi connectivity index (χ2n) is 6.03. The Hall–Kier alpha value is -2.02. The minimum absolute atomic E-state index is 0.0238. The Kier molecular flexibility index (Phi) is 5.78. The summed E-state index contributed by atoms with van der Waals surface area (Å²) in [4.78, 5) is 11.9. The zero-order valence-corrected chi connectivity index (χ0v) is 13.4. The van der Waals surface area contributed by atoms with E-state index in [1.165, 1.54) is 0 Å². The van der Waals surface area contributed by atoms with Crippen LogP contribution in [0.3, 0.4) is 0 Å². The first kappa shape index (κ1) is 17.0. The maximum Gasteiger partial charge on any atom is 0.259 e. The predicted molar refractivity (Wildman–Crippen MR) is 83.0 cm³/mol. The Bertz CT molecular complexity index is 532. The lowest BCUT2D eigenvalue weighted by atomic mass is 9.90. The van der Waals surface area contributed by atoms with Crippen LogP contribution in [0.4, 0.5) is 0 Å². The summed E-state index contributed by atoms with van der Waals surface area (Å²) in [5.41, 5.74) is 0.289. The van der Waals surface area contributed by atoms with Gasteiger partial charge in [-0.1, -0.05) is 39.8 Å². The number of hydrogen-bond acceptors (Lipinski definition) is 3. The van der Waals surface area contributed by atoms with Gasteiger partial charge >= 0.3 is 0 Å². The molecule has 0 aliphatic heterocycles. The van der Waals surface area contributed by atoms with Crippen molar-refractivity contribution in [1.82, 2.24) is 5.32 Å². The van der Waals surface area contributed by atoms with Crippen molar-refractivity contribution in [2.24, 2.45) is 5.92 Å². The third-order valence-electron chi connectivity index (χ3n) is 3.68. The molecule has 0 saturated heterocycles. The molecule has 1 aromatic carbocycles. The number of ether oxygens (including phenoxy) is 1. The zero-order chi connectivity index (χ0) is 16.0.